The highest BCUT2D eigenvalue weighted by Crippen LogP contribution is 2.28. The third-order valence-electron chi connectivity index (χ3n) is 2.07. The van der Waals surface area contributed by atoms with Crippen molar-refractivity contribution in [2.45, 2.75) is 25.2 Å². The largest absolute Gasteiger partial charge is 0.346 e. The minimum absolute atomic E-state index is 0.251. The summed E-state index contributed by atoms with van der Waals surface area (Å²) >= 11 is 0. The number of ether oxygens (including phenoxy) is 2. The average Bonchev–Trinajstić information content (AvgIpc) is 2.46. The van der Waals surface area contributed by atoms with Crippen molar-refractivity contribution in [3.63, 3.8) is 0 Å². The molecule has 2 saturated heterocycles. The van der Waals surface area contributed by atoms with E-state index in [-0.39, 0.29) is 11.9 Å². The third kappa shape index (κ3) is 0.944. The highest BCUT2D eigenvalue weighted by atomic mass is 16.7. The van der Waals surface area contributed by atoms with Crippen molar-refractivity contribution in [3.8, 4) is 0 Å². The summed E-state index contributed by atoms with van der Waals surface area (Å²) in [6, 6.07) is 0. The van der Waals surface area contributed by atoms with Crippen LogP contribution in [-0.2, 0) is 9.47 Å². The quantitative estimate of drug-likeness (QED) is 0.522. The molecule has 2 atom stereocenters. The molecule has 0 radical (unpaired) electrons. The van der Waals surface area contributed by atoms with Gasteiger partial charge >= 0.3 is 0 Å². The predicted molar refractivity (Wildman–Crippen MR) is 36.7 cm³/mol. The van der Waals surface area contributed by atoms with Gasteiger partial charge in [0.25, 0.3) is 0 Å². The summed E-state index contributed by atoms with van der Waals surface area (Å²) < 4.78 is 11.2. The fourth-order valence-electron chi connectivity index (χ4n) is 1.57. The molecule has 0 saturated carbocycles. The summed E-state index contributed by atoms with van der Waals surface area (Å²) in [6.45, 7) is 4.68. The second kappa shape index (κ2) is 2.19. The maximum Gasteiger partial charge on any atom is 0.182 e. The van der Waals surface area contributed by atoms with Crippen molar-refractivity contribution >= 4 is 0 Å². The molecule has 2 heterocycles. The van der Waals surface area contributed by atoms with E-state index in [9.17, 15) is 0 Å². The van der Waals surface area contributed by atoms with Crippen molar-refractivity contribution < 1.29 is 9.47 Å². The van der Waals surface area contributed by atoms with E-state index in [0.29, 0.717) is 0 Å². The lowest BCUT2D eigenvalue weighted by atomic mass is 10.2. The maximum atomic E-state index is 5.62. The van der Waals surface area contributed by atoms with Crippen LogP contribution in [0.4, 0.5) is 0 Å². The van der Waals surface area contributed by atoms with Crippen LogP contribution in [0.1, 0.15) is 13.3 Å². The first-order chi connectivity index (χ1) is 4.81. The molecular formula is C7H13NO2. The topological polar surface area (TPSA) is 30.5 Å². The zero-order valence-corrected chi connectivity index (χ0v) is 6.22. The molecule has 1 unspecified atom stereocenters. The van der Waals surface area contributed by atoms with Crippen molar-refractivity contribution in [2.24, 2.45) is 0 Å². The Bertz CT molecular complexity index is 132. The fourth-order valence-corrected chi connectivity index (χ4v) is 1.57. The molecule has 2 aliphatic heterocycles. The SMILES string of the molecule is C[C@H]1COC2(CCNC2)O1. The summed E-state index contributed by atoms with van der Waals surface area (Å²) in [5.41, 5.74) is 0. The first kappa shape index (κ1) is 6.58. The molecule has 0 aliphatic carbocycles. The molecule has 2 fully saturated rings. The monoisotopic (exact) mass is 143 g/mol. The number of hydrogen-bond donors (Lipinski definition) is 1. The van der Waals surface area contributed by atoms with E-state index in [2.05, 4.69) is 5.32 Å². The van der Waals surface area contributed by atoms with E-state index >= 15 is 0 Å². The van der Waals surface area contributed by atoms with Crippen LogP contribution >= 0.6 is 0 Å². The second-order valence-electron chi connectivity index (χ2n) is 3.08. The molecule has 0 aromatic carbocycles. The van der Waals surface area contributed by atoms with Crippen molar-refractivity contribution in [2.75, 3.05) is 19.7 Å². The molecule has 10 heavy (non-hydrogen) atoms. The zero-order valence-electron chi connectivity index (χ0n) is 6.22. The summed E-state index contributed by atoms with van der Waals surface area (Å²) in [5, 5.41) is 3.23. The third-order valence-corrected chi connectivity index (χ3v) is 2.07. The van der Waals surface area contributed by atoms with Crippen LogP contribution in [0.2, 0.25) is 0 Å². The Labute approximate surface area is 60.7 Å². The molecule has 1 N–H and O–H groups in total. The summed E-state index contributed by atoms with van der Waals surface area (Å²) in [4.78, 5) is 0. The highest BCUT2D eigenvalue weighted by molar-refractivity contribution is 4.85. The molecule has 0 bridgehead atoms. The van der Waals surface area contributed by atoms with Gasteiger partial charge in [-0.1, -0.05) is 0 Å². The van der Waals surface area contributed by atoms with E-state index in [0.717, 1.165) is 26.1 Å². The lowest BCUT2D eigenvalue weighted by Gasteiger charge is -2.19. The van der Waals surface area contributed by atoms with Crippen molar-refractivity contribution in [1.82, 2.24) is 5.32 Å². The Morgan fingerprint density at radius 1 is 1.60 bits per heavy atom. The standard InChI is InChI=1S/C7H13NO2/c1-6-4-9-7(10-6)2-3-8-5-7/h6,8H,2-5H2,1H3/t6-,7?/m0/s1. The van der Waals surface area contributed by atoms with Crippen LogP contribution in [0.3, 0.4) is 0 Å². The minimum Gasteiger partial charge on any atom is -0.346 e. The van der Waals surface area contributed by atoms with Crippen LogP contribution in [-0.4, -0.2) is 31.6 Å². The van der Waals surface area contributed by atoms with Gasteiger partial charge in [-0.3, -0.25) is 0 Å². The lowest BCUT2D eigenvalue weighted by Crippen LogP contribution is -2.32. The Kier molecular flexibility index (Phi) is 1.44. The smallest absolute Gasteiger partial charge is 0.182 e. The van der Waals surface area contributed by atoms with E-state index in [1.165, 1.54) is 0 Å². The molecular weight excluding hydrogens is 130 g/mol. The summed E-state index contributed by atoms with van der Waals surface area (Å²) in [5.74, 6) is -0.251. The first-order valence-electron chi connectivity index (χ1n) is 3.83. The molecule has 3 nitrogen and oxygen atoms in total. The zero-order chi connectivity index (χ0) is 7.03. The van der Waals surface area contributed by atoms with Gasteiger partial charge in [0, 0.05) is 19.5 Å². The van der Waals surface area contributed by atoms with Crippen LogP contribution in [0.5, 0.6) is 0 Å². The van der Waals surface area contributed by atoms with Crippen LogP contribution in [0, 0.1) is 0 Å². The first-order valence-corrected chi connectivity index (χ1v) is 3.83. The summed E-state index contributed by atoms with van der Waals surface area (Å²) in [7, 11) is 0. The van der Waals surface area contributed by atoms with Gasteiger partial charge in [0.2, 0.25) is 0 Å². The van der Waals surface area contributed by atoms with E-state index in [1.807, 2.05) is 6.92 Å². The van der Waals surface area contributed by atoms with Crippen LogP contribution in [0.15, 0.2) is 0 Å². The predicted octanol–water partition coefficient (Wildman–Crippen LogP) is 0.111. The molecule has 0 aromatic heterocycles. The number of nitrogens with one attached hydrogen (secondary N) is 1. The van der Waals surface area contributed by atoms with Crippen molar-refractivity contribution in [1.29, 1.82) is 0 Å². The Morgan fingerprint density at radius 2 is 2.50 bits per heavy atom. The average molecular weight is 143 g/mol. The van der Waals surface area contributed by atoms with Gasteiger partial charge in [0.1, 0.15) is 0 Å². The second-order valence-corrected chi connectivity index (χ2v) is 3.08. The van der Waals surface area contributed by atoms with Crippen LogP contribution < -0.4 is 5.32 Å². The molecule has 2 rings (SSSR count). The van der Waals surface area contributed by atoms with Gasteiger partial charge in [0.05, 0.1) is 12.7 Å². The molecule has 1 spiro atoms. The molecule has 58 valence electrons. The molecule has 2 aliphatic rings. The van der Waals surface area contributed by atoms with Gasteiger partial charge in [-0.2, -0.15) is 0 Å². The maximum absolute atomic E-state index is 5.62. The van der Waals surface area contributed by atoms with Gasteiger partial charge < -0.3 is 14.8 Å². The van der Waals surface area contributed by atoms with Gasteiger partial charge in [0.15, 0.2) is 5.79 Å². The number of rotatable bonds is 0. The normalized spacial score (nSPS) is 47.1. The van der Waals surface area contributed by atoms with Gasteiger partial charge in [-0.15, -0.1) is 0 Å². The minimum atomic E-state index is -0.251. The summed E-state index contributed by atoms with van der Waals surface area (Å²) in [6.07, 6.45) is 1.28. The van der Waals surface area contributed by atoms with Gasteiger partial charge in [-0.25, -0.2) is 0 Å². The van der Waals surface area contributed by atoms with Gasteiger partial charge in [-0.05, 0) is 6.92 Å². The molecule has 0 aromatic rings. The van der Waals surface area contributed by atoms with E-state index < -0.39 is 0 Å². The molecule has 3 heteroatoms. The van der Waals surface area contributed by atoms with Crippen molar-refractivity contribution in [3.05, 3.63) is 0 Å². The Balaban J connectivity index is 2.03. The Hall–Kier alpha value is -0.120. The lowest BCUT2D eigenvalue weighted by molar-refractivity contribution is -0.149. The van der Waals surface area contributed by atoms with E-state index in [1.54, 1.807) is 0 Å². The number of hydrogen-bond acceptors (Lipinski definition) is 3. The highest BCUT2D eigenvalue weighted by Gasteiger charge is 2.42. The Morgan fingerprint density at radius 3 is 3.00 bits per heavy atom. The molecule has 0 amide bonds. The van der Waals surface area contributed by atoms with Crippen LogP contribution in [0.25, 0.3) is 0 Å². The fraction of sp³-hybridized carbons (Fsp3) is 1.00. The van der Waals surface area contributed by atoms with E-state index in [4.69, 9.17) is 9.47 Å².